The summed E-state index contributed by atoms with van der Waals surface area (Å²) < 4.78 is 11.0. The third kappa shape index (κ3) is 7.38. The third-order valence-corrected chi connectivity index (χ3v) is 7.45. The van der Waals surface area contributed by atoms with Crippen molar-refractivity contribution in [3.05, 3.63) is 59.2 Å². The fourth-order valence-corrected chi connectivity index (χ4v) is 5.14. The number of anilines is 2. The van der Waals surface area contributed by atoms with Crippen molar-refractivity contribution < 1.29 is 19.1 Å². The number of unbranched alkanes of at least 4 members (excludes halogenated alkanes) is 2. The highest BCUT2D eigenvalue weighted by atomic mass is 35.5. The number of nitrogen functional groups attached to an aromatic ring is 1. The zero-order valence-corrected chi connectivity index (χ0v) is 23.2. The highest BCUT2D eigenvalue weighted by Gasteiger charge is 2.31. The Labute approximate surface area is 234 Å². The summed E-state index contributed by atoms with van der Waals surface area (Å²) in [6.45, 7) is 2.48. The van der Waals surface area contributed by atoms with Crippen LogP contribution < -0.4 is 21.1 Å². The quantitative estimate of drug-likeness (QED) is 0.236. The number of nitrogens with one attached hydrogen (secondary N) is 2. The topological polar surface area (TPSA) is 119 Å². The molecule has 1 saturated heterocycles. The summed E-state index contributed by atoms with van der Waals surface area (Å²) in [5.41, 5.74) is 8.20. The fourth-order valence-electron chi connectivity index (χ4n) is 4.97. The molecule has 3 aromatic rings. The van der Waals surface area contributed by atoms with Crippen molar-refractivity contribution in [2.75, 3.05) is 44.9 Å². The molecule has 9 nitrogen and oxygen atoms in total. The maximum absolute atomic E-state index is 13.0. The summed E-state index contributed by atoms with van der Waals surface area (Å²) in [4.78, 5) is 32.2. The smallest absolute Gasteiger partial charge is 0.255 e. The van der Waals surface area contributed by atoms with Gasteiger partial charge in [-0.05, 0) is 56.1 Å². The lowest BCUT2D eigenvalue weighted by atomic mass is 10.00. The standard InChI is InChI=1S/C29H36ClN5O4/c1-38-26-17-22(31)21(30)16-20(26)29(37)34-25-12-15-35(18-27(25)39-2)14-5-3-4-11-28(36)33-24-10-6-9-23-19(24)8-7-13-32-23/h6-10,13,16-17,25,27H,3-5,11-12,14-15,18,31H2,1-2H3,(H,33,36)(H,34,37)/t25-,27+/m0/s1. The summed E-state index contributed by atoms with van der Waals surface area (Å²) in [5.74, 6) is 0.122. The Morgan fingerprint density at radius 1 is 1.15 bits per heavy atom. The Bertz CT molecular complexity index is 1300. The first-order valence-electron chi connectivity index (χ1n) is 13.2. The molecule has 1 aromatic heterocycles. The number of methoxy groups -OCH3 is 2. The maximum atomic E-state index is 13.0. The number of halogens is 1. The van der Waals surface area contributed by atoms with Gasteiger partial charge < -0.3 is 30.7 Å². The first-order chi connectivity index (χ1) is 18.9. The van der Waals surface area contributed by atoms with Crippen LogP contribution in [-0.4, -0.2) is 67.7 Å². The second-order valence-electron chi connectivity index (χ2n) is 9.75. The summed E-state index contributed by atoms with van der Waals surface area (Å²) in [5, 5.41) is 7.35. The molecule has 1 fully saturated rings. The lowest BCUT2D eigenvalue weighted by molar-refractivity contribution is -0.116. The van der Waals surface area contributed by atoms with Crippen molar-refractivity contribution >= 4 is 45.7 Å². The molecule has 2 atom stereocenters. The molecule has 39 heavy (non-hydrogen) atoms. The van der Waals surface area contributed by atoms with E-state index >= 15 is 0 Å². The van der Waals surface area contributed by atoms with Crippen LogP contribution in [0.2, 0.25) is 5.02 Å². The molecule has 10 heteroatoms. The molecular formula is C29H36ClN5O4. The van der Waals surface area contributed by atoms with Crippen LogP contribution in [0.25, 0.3) is 10.9 Å². The van der Waals surface area contributed by atoms with Crippen LogP contribution in [0, 0.1) is 0 Å². The van der Waals surface area contributed by atoms with Crippen molar-refractivity contribution in [3.8, 4) is 5.75 Å². The number of carbonyl (C=O) groups excluding carboxylic acids is 2. The van der Waals surface area contributed by atoms with Crippen LogP contribution in [-0.2, 0) is 9.53 Å². The van der Waals surface area contributed by atoms with E-state index in [4.69, 9.17) is 26.8 Å². The molecule has 0 unspecified atom stereocenters. The Balaban J connectivity index is 1.19. The van der Waals surface area contributed by atoms with E-state index in [1.54, 1.807) is 19.4 Å². The van der Waals surface area contributed by atoms with Gasteiger partial charge in [0.15, 0.2) is 0 Å². The van der Waals surface area contributed by atoms with Crippen molar-refractivity contribution in [1.29, 1.82) is 0 Å². The fraction of sp³-hybridized carbons (Fsp3) is 0.414. The molecule has 4 rings (SSSR count). The molecule has 1 aliphatic rings. The number of nitrogens with zero attached hydrogens (tertiary/aromatic N) is 2. The number of benzene rings is 2. The average Bonchev–Trinajstić information content (AvgIpc) is 2.94. The Hall–Kier alpha value is -3.40. The van der Waals surface area contributed by atoms with Gasteiger partial charge in [0, 0.05) is 44.3 Å². The number of hydrogen-bond donors (Lipinski definition) is 3. The highest BCUT2D eigenvalue weighted by Crippen LogP contribution is 2.29. The minimum absolute atomic E-state index is 0.0152. The molecule has 208 valence electrons. The monoisotopic (exact) mass is 553 g/mol. The number of rotatable bonds is 11. The van der Waals surface area contributed by atoms with E-state index < -0.39 is 0 Å². The van der Waals surface area contributed by atoms with Gasteiger partial charge >= 0.3 is 0 Å². The van der Waals surface area contributed by atoms with E-state index in [1.807, 2.05) is 30.3 Å². The Morgan fingerprint density at radius 3 is 2.79 bits per heavy atom. The first-order valence-corrected chi connectivity index (χ1v) is 13.6. The van der Waals surface area contributed by atoms with Crippen molar-refractivity contribution in [2.24, 2.45) is 0 Å². The van der Waals surface area contributed by atoms with Gasteiger partial charge in [0.25, 0.3) is 5.91 Å². The number of aromatic nitrogens is 1. The van der Waals surface area contributed by atoms with Crippen LogP contribution in [0.15, 0.2) is 48.7 Å². The van der Waals surface area contributed by atoms with Crippen molar-refractivity contribution in [1.82, 2.24) is 15.2 Å². The van der Waals surface area contributed by atoms with Crippen LogP contribution in [0.4, 0.5) is 11.4 Å². The number of amides is 2. The number of nitrogens with two attached hydrogens (primary N) is 1. The maximum Gasteiger partial charge on any atom is 0.255 e. The summed E-state index contributed by atoms with van der Waals surface area (Å²) in [6.07, 6.45) is 5.61. The Kier molecular flexibility index (Phi) is 9.97. The second kappa shape index (κ2) is 13.6. The summed E-state index contributed by atoms with van der Waals surface area (Å²) in [7, 11) is 3.16. The molecule has 1 aliphatic heterocycles. The van der Waals surface area contributed by atoms with Gasteiger partial charge in [-0.25, -0.2) is 0 Å². The van der Waals surface area contributed by atoms with Gasteiger partial charge in [-0.15, -0.1) is 0 Å². The number of carbonyl (C=O) groups is 2. The molecule has 0 spiro atoms. The van der Waals surface area contributed by atoms with Gasteiger partial charge in [-0.2, -0.15) is 0 Å². The average molecular weight is 554 g/mol. The van der Waals surface area contributed by atoms with Crippen LogP contribution in [0.5, 0.6) is 5.75 Å². The normalized spacial score (nSPS) is 17.6. The van der Waals surface area contributed by atoms with Crippen molar-refractivity contribution in [2.45, 2.75) is 44.2 Å². The minimum Gasteiger partial charge on any atom is -0.496 e. The second-order valence-corrected chi connectivity index (χ2v) is 10.2. The number of likely N-dealkylation sites (tertiary alicyclic amines) is 1. The van der Waals surface area contributed by atoms with Gasteiger partial charge in [0.2, 0.25) is 5.91 Å². The van der Waals surface area contributed by atoms with Gasteiger partial charge in [0.1, 0.15) is 5.75 Å². The van der Waals surface area contributed by atoms with E-state index in [9.17, 15) is 9.59 Å². The first kappa shape index (κ1) is 28.6. The molecule has 0 saturated carbocycles. The van der Waals surface area contributed by atoms with E-state index in [2.05, 4.69) is 20.5 Å². The summed E-state index contributed by atoms with van der Waals surface area (Å²) >= 11 is 6.13. The number of pyridine rings is 1. The van der Waals surface area contributed by atoms with E-state index in [1.165, 1.54) is 13.2 Å². The van der Waals surface area contributed by atoms with Crippen LogP contribution in [0.3, 0.4) is 0 Å². The lowest BCUT2D eigenvalue weighted by Crippen LogP contribution is -2.54. The van der Waals surface area contributed by atoms with Gasteiger partial charge in [-0.1, -0.05) is 24.1 Å². The Morgan fingerprint density at radius 2 is 2.00 bits per heavy atom. The van der Waals surface area contributed by atoms with Gasteiger partial charge in [0.05, 0.1) is 46.7 Å². The number of hydrogen-bond acceptors (Lipinski definition) is 7. The molecular weight excluding hydrogens is 518 g/mol. The van der Waals surface area contributed by atoms with Gasteiger partial charge in [-0.3, -0.25) is 14.6 Å². The lowest BCUT2D eigenvalue weighted by Gasteiger charge is -2.38. The van der Waals surface area contributed by atoms with Crippen molar-refractivity contribution in [3.63, 3.8) is 0 Å². The predicted molar refractivity (Wildman–Crippen MR) is 154 cm³/mol. The summed E-state index contributed by atoms with van der Waals surface area (Å²) in [6, 6.07) is 12.5. The molecule has 4 N–H and O–H groups in total. The van der Waals surface area contributed by atoms with Crippen LogP contribution >= 0.6 is 11.6 Å². The minimum atomic E-state index is -0.271. The molecule has 0 bridgehead atoms. The molecule has 2 heterocycles. The van der Waals surface area contributed by atoms with E-state index in [0.29, 0.717) is 28.4 Å². The van der Waals surface area contributed by atoms with E-state index in [-0.39, 0.29) is 24.0 Å². The number of fused-ring (bicyclic) bond motifs is 1. The number of piperidine rings is 1. The third-order valence-electron chi connectivity index (χ3n) is 7.12. The zero-order chi connectivity index (χ0) is 27.8. The largest absolute Gasteiger partial charge is 0.496 e. The highest BCUT2D eigenvalue weighted by molar-refractivity contribution is 6.33. The van der Waals surface area contributed by atoms with E-state index in [0.717, 1.165) is 61.9 Å². The molecule has 2 amide bonds. The SMILES string of the molecule is COc1cc(N)c(Cl)cc1C(=O)N[C@H]1CCN(CCCCCC(=O)Nc2cccc3ncccc23)C[C@H]1OC. The predicted octanol–water partition coefficient (Wildman–Crippen LogP) is 4.50. The molecule has 0 aliphatic carbocycles. The number of ether oxygens (including phenoxy) is 2. The molecule has 2 aromatic carbocycles. The molecule has 0 radical (unpaired) electrons. The van der Waals surface area contributed by atoms with Crippen LogP contribution in [0.1, 0.15) is 42.5 Å². The zero-order valence-electron chi connectivity index (χ0n) is 22.4.